The zero-order chi connectivity index (χ0) is 12.0. The SMILES string of the molecule is Cc1c(CNC2CC2)oc2c(Br)cc(Cl)cc12. The van der Waals surface area contributed by atoms with Gasteiger partial charge in [0, 0.05) is 16.5 Å². The van der Waals surface area contributed by atoms with Gasteiger partial charge in [-0.1, -0.05) is 11.6 Å². The molecular formula is C13H13BrClNO. The van der Waals surface area contributed by atoms with Crippen molar-refractivity contribution in [3.63, 3.8) is 0 Å². The summed E-state index contributed by atoms with van der Waals surface area (Å²) >= 11 is 9.54. The van der Waals surface area contributed by atoms with Crippen molar-refractivity contribution in [2.75, 3.05) is 0 Å². The van der Waals surface area contributed by atoms with Gasteiger partial charge in [0.2, 0.25) is 0 Å². The van der Waals surface area contributed by atoms with E-state index in [2.05, 4.69) is 28.2 Å². The Morgan fingerprint density at radius 3 is 2.94 bits per heavy atom. The van der Waals surface area contributed by atoms with Crippen LogP contribution in [-0.2, 0) is 6.54 Å². The Bertz CT molecular complexity index is 574. The first-order valence-electron chi connectivity index (χ1n) is 5.75. The van der Waals surface area contributed by atoms with Gasteiger partial charge < -0.3 is 9.73 Å². The average Bonchev–Trinajstić information content (AvgIpc) is 3.04. The zero-order valence-corrected chi connectivity index (χ0v) is 11.9. The molecule has 0 bridgehead atoms. The first-order chi connectivity index (χ1) is 8.15. The fraction of sp³-hybridized carbons (Fsp3) is 0.385. The molecule has 0 atom stereocenters. The smallest absolute Gasteiger partial charge is 0.148 e. The topological polar surface area (TPSA) is 25.2 Å². The predicted molar refractivity (Wildman–Crippen MR) is 73.5 cm³/mol. The maximum Gasteiger partial charge on any atom is 0.148 e. The summed E-state index contributed by atoms with van der Waals surface area (Å²) in [6.45, 7) is 2.88. The number of nitrogens with one attached hydrogen (secondary N) is 1. The third-order valence-corrected chi connectivity index (χ3v) is 3.99. The van der Waals surface area contributed by atoms with Crippen molar-refractivity contribution in [2.24, 2.45) is 0 Å². The zero-order valence-electron chi connectivity index (χ0n) is 9.52. The van der Waals surface area contributed by atoms with E-state index in [0.717, 1.165) is 32.8 Å². The third kappa shape index (κ3) is 2.24. The van der Waals surface area contributed by atoms with Crippen LogP contribution in [0.4, 0.5) is 0 Å². The Balaban J connectivity index is 2.01. The van der Waals surface area contributed by atoms with Crippen LogP contribution in [0.2, 0.25) is 5.02 Å². The molecule has 0 spiro atoms. The summed E-state index contributed by atoms with van der Waals surface area (Å²) < 4.78 is 6.81. The van der Waals surface area contributed by atoms with Gasteiger partial charge in [-0.3, -0.25) is 0 Å². The Morgan fingerprint density at radius 2 is 2.24 bits per heavy atom. The maximum absolute atomic E-state index is 6.06. The van der Waals surface area contributed by atoms with Crippen LogP contribution >= 0.6 is 27.5 Å². The van der Waals surface area contributed by atoms with Gasteiger partial charge in [-0.15, -0.1) is 0 Å². The van der Waals surface area contributed by atoms with E-state index in [1.807, 2.05) is 12.1 Å². The van der Waals surface area contributed by atoms with Gasteiger partial charge in [-0.25, -0.2) is 0 Å². The third-order valence-electron chi connectivity index (χ3n) is 3.18. The second kappa shape index (κ2) is 4.30. The van der Waals surface area contributed by atoms with Crippen molar-refractivity contribution in [3.05, 3.63) is 33.0 Å². The molecule has 0 saturated heterocycles. The van der Waals surface area contributed by atoms with Crippen LogP contribution in [0.15, 0.2) is 21.0 Å². The molecule has 2 aromatic rings. The van der Waals surface area contributed by atoms with Crippen molar-refractivity contribution < 1.29 is 4.42 Å². The molecule has 2 nitrogen and oxygen atoms in total. The number of furan rings is 1. The molecule has 1 heterocycles. The molecule has 1 saturated carbocycles. The van der Waals surface area contributed by atoms with Gasteiger partial charge in [0.15, 0.2) is 0 Å². The van der Waals surface area contributed by atoms with E-state index in [1.165, 1.54) is 18.4 Å². The normalized spacial score (nSPS) is 15.7. The molecule has 0 amide bonds. The summed E-state index contributed by atoms with van der Waals surface area (Å²) in [7, 11) is 0. The Kier molecular flexibility index (Phi) is 2.93. The van der Waals surface area contributed by atoms with Crippen LogP contribution in [0.3, 0.4) is 0 Å². The molecule has 3 rings (SSSR count). The minimum Gasteiger partial charge on any atom is -0.458 e. The summed E-state index contributed by atoms with van der Waals surface area (Å²) in [6, 6.07) is 4.51. The minimum absolute atomic E-state index is 0.689. The molecule has 1 aromatic heterocycles. The molecule has 0 aliphatic heterocycles. The minimum atomic E-state index is 0.689. The van der Waals surface area contributed by atoms with Crippen molar-refractivity contribution in [1.29, 1.82) is 0 Å². The highest BCUT2D eigenvalue weighted by Gasteiger charge is 2.22. The van der Waals surface area contributed by atoms with Gasteiger partial charge in [0.25, 0.3) is 0 Å². The number of hydrogen-bond donors (Lipinski definition) is 1. The van der Waals surface area contributed by atoms with E-state index in [0.29, 0.717) is 6.04 Å². The van der Waals surface area contributed by atoms with Crippen molar-refractivity contribution in [3.8, 4) is 0 Å². The standard InChI is InChI=1S/C13H13BrClNO/c1-7-10-4-8(15)5-11(14)13(10)17-12(7)6-16-9-2-3-9/h4-5,9,16H,2-3,6H2,1H3. The molecule has 1 N–H and O–H groups in total. The molecule has 17 heavy (non-hydrogen) atoms. The van der Waals surface area contributed by atoms with Gasteiger partial charge in [0.05, 0.1) is 11.0 Å². The quantitative estimate of drug-likeness (QED) is 0.908. The molecule has 1 aromatic carbocycles. The number of fused-ring (bicyclic) bond motifs is 1. The summed E-state index contributed by atoms with van der Waals surface area (Å²) in [6.07, 6.45) is 2.57. The fourth-order valence-corrected chi connectivity index (χ4v) is 2.88. The Labute approximate surface area is 113 Å². The van der Waals surface area contributed by atoms with Crippen LogP contribution < -0.4 is 5.32 Å². The number of benzene rings is 1. The highest BCUT2D eigenvalue weighted by Crippen LogP contribution is 2.34. The highest BCUT2D eigenvalue weighted by atomic mass is 79.9. The average molecular weight is 315 g/mol. The lowest BCUT2D eigenvalue weighted by Crippen LogP contribution is -2.15. The van der Waals surface area contributed by atoms with Gasteiger partial charge in [-0.2, -0.15) is 0 Å². The summed E-state index contributed by atoms with van der Waals surface area (Å²) in [5.41, 5.74) is 2.07. The molecule has 1 fully saturated rings. The van der Waals surface area contributed by atoms with Crippen LogP contribution in [0, 0.1) is 6.92 Å². The van der Waals surface area contributed by atoms with E-state index in [9.17, 15) is 0 Å². The van der Waals surface area contributed by atoms with Crippen molar-refractivity contribution >= 4 is 38.5 Å². The molecule has 90 valence electrons. The lowest BCUT2D eigenvalue weighted by Gasteiger charge is -1.99. The number of hydrogen-bond acceptors (Lipinski definition) is 2. The van der Waals surface area contributed by atoms with Crippen LogP contribution in [0.25, 0.3) is 11.0 Å². The maximum atomic E-state index is 6.06. The van der Waals surface area contributed by atoms with Crippen molar-refractivity contribution in [1.82, 2.24) is 5.32 Å². The predicted octanol–water partition coefficient (Wildman–Crippen LogP) is 4.41. The van der Waals surface area contributed by atoms with E-state index in [1.54, 1.807) is 0 Å². The monoisotopic (exact) mass is 313 g/mol. The van der Waals surface area contributed by atoms with E-state index in [-0.39, 0.29) is 0 Å². The van der Waals surface area contributed by atoms with E-state index in [4.69, 9.17) is 16.0 Å². The fourth-order valence-electron chi connectivity index (χ4n) is 1.99. The molecule has 1 aliphatic rings. The summed E-state index contributed by atoms with van der Waals surface area (Å²) in [5, 5.41) is 5.29. The van der Waals surface area contributed by atoms with Crippen LogP contribution in [0.5, 0.6) is 0 Å². The second-order valence-electron chi connectivity index (χ2n) is 4.57. The number of halogens is 2. The largest absolute Gasteiger partial charge is 0.458 e. The first-order valence-corrected chi connectivity index (χ1v) is 6.92. The van der Waals surface area contributed by atoms with Gasteiger partial charge in [-0.05, 0) is 53.4 Å². The molecule has 0 radical (unpaired) electrons. The van der Waals surface area contributed by atoms with Gasteiger partial charge in [0.1, 0.15) is 11.3 Å². The Hall–Kier alpha value is -0.510. The lowest BCUT2D eigenvalue weighted by molar-refractivity contribution is 0.508. The van der Waals surface area contributed by atoms with Crippen molar-refractivity contribution in [2.45, 2.75) is 32.4 Å². The molecule has 0 unspecified atom stereocenters. The van der Waals surface area contributed by atoms with E-state index >= 15 is 0 Å². The lowest BCUT2D eigenvalue weighted by atomic mass is 10.1. The summed E-state index contributed by atoms with van der Waals surface area (Å²) in [4.78, 5) is 0. The highest BCUT2D eigenvalue weighted by molar-refractivity contribution is 9.10. The van der Waals surface area contributed by atoms with E-state index < -0.39 is 0 Å². The summed E-state index contributed by atoms with van der Waals surface area (Å²) in [5.74, 6) is 1.01. The second-order valence-corrected chi connectivity index (χ2v) is 5.86. The Morgan fingerprint density at radius 1 is 1.47 bits per heavy atom. The number of rotatable bonds is 3. The van der Waals surface area contributed by atoms with Gasteiger partial charge >= 0.3 is 0 Å². The first kappa shape index (κ1) is 11.6. The molecule has 1 aliphatic carbocycles. The van der Waals surface area contributed by atoms with Crippen LogP contribution in [0.1, 0.15) is 24.2 Å². The molecule has 4 heteroatoms. The van der Waals surface area contributed by atoms with Crippen LogP contribution in [-0.4, -0.2) is 6.04 Å². The molecular weight excluding hydrogens is 302 g/mol. The number of aryl methyl sites for hydroxylation is 1.